The molecule has 0 bridgehead atoms. The molecule has 3 rings (SSSR count). The number of hydrogen-bond donors (Lipinski definition) is 1. The zero-order chi connectivity index (χ0) is 17.3. The van der Waals surface area contributed by atoms with Gasteiger partial charge in [-0.1, -0.05) is 0 Å². The van der Waals surface area contributed by atoms with E-state index in [1.807, 2.05) is 26.2 Å². The Morgan fingerprint density at radius 2 is 2.08 bits per heavy atom. The van der Waals surface area contributed by atoms with Crippen LogP contribution in [0.2, 0.25) is 0 Å². The summed E-state index contributed by atoms with van der Waals surface area (Å²) in [5.74, 6) is 0.867. The number of thiophene rings is 1. The third-order valence-electron chi connectivity index (χ3n) is 3.80. The zero-order valence-corrected chi connectivity index (χ0v) is 16.4. The quantitative estimate of drug-likeness (QED) is 0.797. The van der Waals surface area contributed by atoms with Gasteiger partial charge in [0.15, 0.2) is 0 Å². The van der Waals surface area contributed by atoms with Crippen LogP contribution in [0.3, 0.4) is 0 Å². The van der Waals surface area contributed by atoms with Crippen molar-refractivity contribution >= 4 is 49.4 Å². The Hall–Kier alpha value is -1.41. The Balaban J connectivity index is 1.60. The SMILES string of the molecule is CC(C)(C)OC(=O)N1CCC(Nc2ncnc3c(Br)csc23)CC1. The first-order valence-electron chi connectivity index (χ1n) is 7.95. The second kappa shape index (κ2) is 6.84. The molecule has 3 heterocycles. The minimum atomic E-state index is -0.453. The van der Waals surface area contributed by atoms with Crippen LogP contribution in [0.15, 0.2) is 16.2 Å². The van der Waals surface area contributed by atoms with Gasteiger partial charge in [0.05, 0.1) is 9.17 Å². The smallest absolute Gasteiger partial charge is 0.410 e. The van der Waals surface area contributed by atoms with E-state index in [1.54, 1.807) is 22.6 Å². The van der Waals surface area contributed by atoms with Gasteiger partial charge in [0, 0.05) is 24.5 Å². The highest BCUT2D eigenvalue weighted by atomic mass is 79.9. The third-order valence-corrected chi connectivity index (χ3v) is 5.68. The Kier molecular flexibility index (Phi) is 4.96. The number of carbonyl (C=O) groups excluding carboxylic acids is 1. The number of aromatic nitrogens is 2. The summed E-state index contributed by atoms with van der Waals surface area (Å²) in [7, 11) is 0. The third kappa shape index (κ3) is 3.97. The highest BCUT2D eigenvalue weighted by Crippen LogP contribution is 2.33. The molecule has 1 fully saturated rings. The molecule has 8 heteroatoms. The van der Waals surface area contributed by atoms with Crippen molar-refractivity contribution in [2.75, 3.05) is 18.4 Å². The molecule has 0 aromatic carbocycles. The number of carbonyl (C=O) groups is 1. The summed E-state index contributed by atoms with van der Waals surface area (Å²) >= 11 is 5.13. The van der Waals surface area contributed by atoms with Crippen LogP contribution in [0.4, 0.5) is 10.6 Å². The molecule has 0 spiro atoms. The maximum atomic E-state index is 12.1. The van der Waals surface area contributed by atoms with Crippen molar-refractivity contribution in [1.29, 1.82) is 0 Å². The number of halogens is 1. The van der Waals surface area contributed by atoms with Crippen LogP contribution < -0.4 is 5.32 Å². The van der Waals surface area contributed by atoms with Crippen molar-refractivity contribution in [1.82, 2.24) is 14.9 Å². The molecule has 0 unspecified atom stereocenters. The molecule has 1 aliphatic heterocycles. The first kappa shape index (κ1) is 17.4. The molecule has 1 amide bonds. The predicted octanol–water partition coefficient (Wildman–Crippen LogP) is 4.27. The summed E-state index contributed by atoms with van der Waals surface area (Å²) in [5.41, 5.74) is 0.481. The standard InChI is InChI=1S/C16H21BrN4O2S/c1-16(2,3)23-15(22)21-6-4-10(5-7-21)20-14-13-12(18-9-19-14)11(17)8-24-13/h8-10H,4-7H2,1-3H3,(H,18,19,20). The van der Waals surface area contributed by atoms with Crippen molar-refractivity contribution in [3.63, 3.8) is 0 Å². The lowest BCUT2D eigenvalue weighted by Crippen LogP contribution is -2.44. The molecule has 6 nitrogen and oxygen atoms in total. The van der Waals surface area contributed by atoms with Crippen molar-refractivity contribution in [2.45, 2.75) is 45.3 Å². The van der Waals surface area contributed by atoms with Gasteiger partial charge in [0.25, 0.3) is 0 Å². The van der Waals surface area contributed by atoms with E-state index >= 15 is 0 Å². The van der Waals surface area contributed by atoms with Gasteiger partial charge in [0.2, 0.25) is 0 Å². The Morgan fingerprint density at radius 1 is 1.38 bits per heavy atom. The number of likely N-dealkylation sites (tertiary alicyclic amines) is 1. The van der Waals surface area contributed by atoms with Gasteiger partial charge in [-0.2, -0.15) is 0 Å². The summed E-state index contributed by atoms with van der Waals surface area (Å²) < 4.78 is 7.48. The average molecular weight is 413 g/mol. The molecule has 130 valence electrons. The molecule has 1 aliphatic rings. The summed E-state index contributed by atoms with van der Waals surface area (Å²) in [6.07, 6.45) is 3.10. The number of hydrogen-bond acceptors (Lipinski definition) is 6. The van der Waals surface area contributed by atoms with Gasteiger partial charge in [-0.3, -0.25) is 0 Å². The minimum Gasteiger partial charge on any atom is -0.444 e. The maximum Gasteiger partial charge on any atom is 0.410 e. The molecule has 0 radical (unpaired) electrons. The first-order chi connectivity index (χ1) is 11.3. The topological polar surface area (TPSA) is 67.3 Å². The molecule has 0 saturated carbocycles. The Morgan fingerprint density at radius 3 is 2.75 bits per heavy atom. The van der Waals surface area contributed by atoms with Crippen LogP contribution in [0.1, 0.15) is 33.6 Å². The van der Waals surface area contributed by atoms with Crippen LogP contribution in [0.5, 0.6) is 0 Å². The number of anilines is 1. The molecule has 1 saturated heterocycles. The molecule has 2 aromatic heterocycles. The number of amides is 1. The fraction of sp³-hybridized carbons (Fsp3) is 0.562. The monoisotopic (exact) mass is 412 g/mol. The number of nitrogens with zero attached hydrogens (tertiary/aromatic N) is 3. The lowest BCUT2D eigenvalue weighted by atomic mass is 10.1. The van der Waals surface area contributed by atoms with Crippen LogP contribution >= 0.6 is 27.3 Å². The van der Waals surface area contributed by atoms with Crippen LogP contribution in [-0.2, 0) is 4.74 Å². The Bertz CT molecular complexity index is 735. The van der Waals surface area contributed by atoms with E-state index in [0.717, 1.165) is 33.3 Å². The fourth-order valence-corrected chi connectivity index (χ4v) is 4.19. The summed E-state index contributed by atoms with van der Waals surface area (Å²) in [4.78, 5) is 22.6. The van der Waals surface area contributed by atoms with E-state index in [-0.39, 0.29) is 6.09 Å². The fourth-order valence-electron chi connectivity index (χ4n) is 2.65. The number of nitrogens with one attached hydrogen (secondary N) is 1. The lowest BCUT2D eigenvalue weighted by molar-refractivity contribution is 0.0210. The van der Waals surface area contributed by atoms with Gasteiger partial charge in [0.1, 0.15) is 23.3 Å². The van der Waals surface area contributed by atoms with Crippen LogP contribution in [-0.4, -0.2) is 45.7 Å². The largest absolute Gasteiger partial charge is 0.444 e. The minimum absolute atomic E-state index is 0.229. The number of rotatable bonds is 2. The number of ether oxygens (including phenoxy) is 1. The highest BCUT2D eigenvalue weighted by Gasteiger charge is 2.27. The van der Waals surface area contributed by atoms with Crippen LogP contribution in [0.25, 0.3) is 10.2 Å². The van der Waals surface area contributed by atoms with Gasteiger partial charge in [-0.05, 0) is 49.5 Å². The normalized spacial score (nSPS) is 16.4. The molecule has 24 heavy (non-hydrogen) atoms. The van der Waals surface area contributed by atoms with E-state index in [9.17, 15) is 4.79 Å². The second-order valence-corrected chi connectivity index (χ2v) is 8.60. The zero-order valence-electron chi connectivity index (χ0n) is 14.0. The van der Waals surface area contributed by atoms with E-state index in [1.165, 1.54) is 0 Å². The Labute approximate surface area is 153 Å². The van der Waals surface area contributed by atoms with E-state index in [4.69, 9.17) is 4.74 Å². The average Bonchev–Trinajstić information content (AvgIpc) is 2.89. The predicted molar refractivity (Wildman–Crippen MR) is 99.6 cm³/mol. The number of piperidine rings is 1. The van der Waals surface area contributed by atoms with Gasteiger partial charge < -0.3 is 15.0 Å². The molecule has 0 aliphatic carbocycles. The summed E-state index contributed by atoms with van der Waals surface area (Å²) in [5, 5.41) is 5.53. The first-order valence-corrected chi connectivity index (χ1v) is 9.63. The lowest BCUT2D eigenvalue weighted by Gasteiger charge is -2.33. The molecule has 0 atom stereocenters. The summed E-state index contributed by atoms with van der Waals surface area (Å²) in [6, 6.07) is 0.294. The van der Waals surface area contributed by atoms with Crippen molar-refractivity contribution < 1.29 is 9.53 Å². The maximum absolute atomic E-state index is 12.1. The van der Waals surface area contributed by atoms with E-state index in [2.05, 4.69) is 31.2 Å². The highest BCUT2D eigenvalue weighted by molar-refractivity contribution is 9.10. The molecule has 2 aromatic rings. The summed E-state index contributed by atoms with van der Waals surface area (Å²) in [6.45, 7) is 7.04. The molecular weight excluding hydrogens is 392 g/mol. The van der Waals surface area contributed by atoms with Gasteiger partial charge in [-0.25, -0.2) is 14.8 Å². The van der Waals surface area contributed by atoms with Gasteiger partial charge >= 0.3 is 6.09 Å². The van der Waals surface area contributed by atoms with Gasteiger partial charge in [-0.15, -0.1) is 11.3 Å². The van der Waals surface area contributed by atoms with Crippen LogP contribution in [0, 0.1) is 0 Å². The number of fused-ring (bicyclic) bond motifs is 1. The van der Waals surface area contributed by atoms with Crippen molar-refractivity contribution in [3.05, 3.63) is 16.2 Å². The van der Waals surface area contributed by atoms with E-state index < -0.39 is 5.60 Å². The van der Waals surface area contributed by atoms with Crippen molar-refractivity contribution in [3.8, 4) is 0 Å². The molecular formula is C16H21BrN4O2S. The van der Waals surface area contributed by atoms with Crippen molar-refractivity contribution in [2.24, 2.45) is 0 Å². The van der Waals surface area contributed by atoms with E-state index in [0.29, 0.717) is 19.1 Å². The second-order valence-electron chi connectivity index (χ2n) is 6.87. The molecule has 1 N–H and O–H groups in total.